The number of benzene rings is 1. The van der Waals surface area contributed by atoms with Crippen LogP contribution in [0.1, 0.15) is 48.9 Å². The summed E-state index contributed by atoms with van der Waals surface area (Å²) in [4.78, 5) is 40.1. The first kappa shape index (κ1) is 26.0. The van der Waals surface area contributed by atoms with Gasteiger partial charge in [0.15, 0.2) is 0 Å². The van der Waals surface area contributed by atoms with E-state index < -0.39 is 0 Å². The third-order valence-corrected chi connectivity index (χ3v) is 9.57. The van der Waals surface area contributed by atoms with E-state index in [0.29, 0.717) is 34.8 Å². The maximum Gasteiger partial charge on any atom is 0.257 e. The van der Waals surface area contributed by atoms with Gasteiger partial charge in [0, 0.05) is 43.5 Å². The Labute approximate surface area is 233 Å². The van der Waals surface area contributed by atoms with Crippen LogP contribution in [-0.4, -0.2) is 71.9 Å². The van der Waals surface area contributed by atoms with Crippen molar-refractivity contribution in [2.24, 2.45) is 11.3 Å². The molecule has 2 amide bonds. The molecule has 39 heavy (non-hydrogen) atoms. The largest absolute Gasteiger partial charge is 0.496 e. The maximum atomic E-state index is 13.4. The Kier molecular flexibility index (Phi) is 6.89. The van der Waals surface area contributed by atoms with Gasteiger partial charge in [0.2, 0.25) is 5.91 Å². The monoisotopic (exact) mass is 545 g/mol. The van der Waals surface area contributed by atoms with Crippen LogP contribution in [0.5, 0.6) is 5.75 Å². The second kappa shape index (κ2) is 10.4. The van der Waals surface area contributed by atoms with E-state index in [2.05, 4.69) is 22.2 Å². The summed E-state index contributed by atoms with van der Waals surface area (Å²) in [6.07, 6.45) is 9.70. The SMILES string of the molecule is COc1cc(-c2cncc(-c3cc(NC(=O)CC4CCC4)cs3)n2)ccc1C(=O)N(C)C1CC2(C1)CN(C)C2. The Hall–Kier alpha value is -3.30. The fraction of sp³-hybridized carbons (Fsp3) is 0.467. The summed E-state index contributed by atoms with van der Waals surface area (Å²) in [5.74, 6) is 1.12. The first-order valence-electron chi connectivity index (χ1n) is 13.7. The number of hydrogen-bond donors (Lipinski definition) is 1. The van der Waals surface area contributed by atoms with Crippen LogP contribution in [0.2, 0.25) is 0 Å². The lowest BCUT2D eigenvalue weighted by Gasteiger charge is -2.59. The molecule has 6 rings (SSSR count). The number of nitrogens with zero attached hydrogens (tertiary/aromatic N) is 4. The lowest BCUT2D eigenvalue weighted by Crippen LogP contribution is -2.65. The van der Waals surface area contributed by atoms with Gasteiger partial charge in [0.25, 0.3) is 5.91 Å². The van der Waals surface area contributed by atoms with Gasteiger partial charge in [0.05, 0.1) is 47.0 Å². The van der Waals surface area contributed by atoms with Gasteiger partial charge in [-0.2, -0.15) is 0 Å². The van der Waals surface area contributed by atoms with Crippen LogP contribution >= 0.6 is 11.3 Å². The highest BCUT2D eigenvalue weighted by Gasteiger charge is 2.52. The summed E-state index contributed by atoms with van der Waals surface area (Å²) in [5.41, 5.74) is 4.01. The Bertz CT molecular complexity index is 1390. The molecule has 1 aromatic carbocycles. The lowest BCUT2D eigenvalue weighted by atomic mass is 9.60. The van der Waals surface area contributed by atoms with Crippen LogP contribution in [-0.2, 0) is 4.79 Å². The summed E-state index contributed by atoms with van der Waals surface area (Å²) in [5, 5.41) is 4.96. The van der Waals surface area contributed by atoms with Gasteiger partial charge in [-0.25, -0.2) is 4.98 Å². The topological polar surface area (TPSA) is 87.7 Å². The molecule has 0 bridgehead atoms. The highest BCUT2D eigenvalue weighted by molar-refractivity contribution is 7.14. The molecule has 1 N–H and O–H groups in total. The number of likely N-dealkylation sites (tertiary alicyclic amines) is 1. The van der Waals surface area contributed by atoms with Gasteiger partial charge < -0.3 is 19.9 Å². The van der Waals surface area contributed by atoms with E-state index in [9.17, 15) is 9.59 Å². The van der Waals surface area contributed by atoms with Crippen molar-refractivity contribution >= 4 is 28.8 Å². The molecular weight excluding hydrogens is 510 g/mol. The number of hydrogen-bond acceptors (Lipinski definition) is 7. The number of methoxy groups -OCH3 is 1. The van der Waals surface area contributed by atoms with Crippen molar-refractivity contribution in [2.75, 3.05) is 39.6 Å². The number of rotatable bonds is 8. The molecule has 2 aliphatic carbocycles. The fourth-order valence-electron chi connectivity index (χ4n) is 6.28. The molecule has 1 saturated heterocycles. The molecule has 2 saturated carbocycles. The average molecular weight is 546 g/mol. The van der Waals surface area contributed by atoms with Gasteiger partial charge >= 0.3 is 0 Å². The second-order valence-corrected chi connectivity index (χ2v) is 12.5. The quantitative estimate of drug-likeness (QED) is 0.420. The molecular formula is C30H35N5O3S. The molecule has 3 aliphatic rings. The Morgan fingerprint density at radius 3 is 2.64 bits per heavy atom. The summed E-state index contributed by atoms with van der Waals surface area (Å²) in [6.45, 7) is 2.26. The minimum Gasteiger partial charge on any atom is -0.496 e. The number of nitrogens with one attached hydrogen (secondary N) is 1. The van der Waals surface area contributed by atoms with Gasteiger partial charge in [-0.1, -0.05) is 12.5 Å². The van der Waals surface area contributed by atoms with Crippen LogP contribution in [0.25, 0.3) is 21.8 Å². The van der Waals surface area contributed by atoms with Crippen molar-refractivity contribution in [1.82, 2.24) is 19.8 Å². The molecule has 1 spiro atoms. The lowest BCUT2D eigenvalue weighted by molar-refractivity contribution is -0.117. The maximum absolute atomic E-state index is 13.4. The van der Waals surface area contributed by atoms with Crippen molar-refractivity contribution in [3.05, 3.63) is 47.6 Å². The summed E-state index contributed by atoms with van der Waals surface area (Å²) in [6, 6.07) is 7.81. The molecule has 0 radical (unpaired) electrons. The smallest absolute Gasteiger partial charge is 0.257 e. The van der Waals surface area contributed by atoms with Crippen LogP contribution in [0.15, 0.2) is 42.0 Å². The van der Waals surface area contributed by atoms with Crippen LogP contribution in [0.3, 0.4) is 0 Å². The molecule has 3 fully saturated rings. The summed E-state index contributed by atoms with van der Waals surface area (Å²) < 4.78 is 5.65. The van der Waals surface area contributed by atoms with E-state index in [1.54, 1.807) is 19.5 Å². The predicted octanol–water partition coefficient (Wildman–Crippen LogP) is 5.18. The molecule has 2 aromatic heterocycles. The van der Waals surface area contributed by atoms with E-state index in [-0.39, 0.29) is 17.9 Å². The van der Waals surface area contributed by atoms with E-state index in [4.69, 9.17) is 9.72 Å². The number of ether oxygens (including phenoxy) is 1. The zero-order valence-corrected chi connectivity index (χ0v) is 23.6. The Morgan fingerprint density at radius 2 is 1.95 bits per heavy atom. The van der Waals surface area contributed by atoms with Crippen molar-refractivity contribution in [1.29, 1.82) is 0 Å². The molecule has 8 nitrogen and oxygen atoms in total. The third-order valence-electron chi connectivity index (χ3n) is 8.61. The summed E-state index contributed by atoms with van der Waals surface area (Å²) in [7, 11) is 5.64. The molecule has 1 aliphatic heterocycles. The Balaban J connectivity index is 1.14. The standard InChI is InChI=1S/C30H35N5O3S/c1-34-17-30(18-34)12-22(13-30)35(2)29(37)23-8-7-20(10-26(23)38-3)24-14-31-15-25(33-24)27-11-21(16-39-27)32-28(36)9-19-5-4-6-19/h7-8,10-11,14-16,19,22H,4-6,9,12-13,17-18H2,1-3H3,(H,32,36). The van der Waals surface area contributed by atoms with Crippen LogP contribution in [0, 0.1) is 11.3 Å². The summed E-state index contributed by atoms with van der Waals surface area (Å²) >= 11 is 1.53. The number of anilines is 1. The number of thiophene rings is 1. The number of carbonyl (C=O) groups is 2. The predicted molar refractivity (Wildman–Crippen MR) is 153 cm³/mol. The number of amides is 2. The van der Waals surface area contributed by atoms with Crippen molar-refractivity contribution < 1.29 is 14.3 Å². The van der Waals surface area contributed by atoms with Crippen molar-refractivity contribution in [3.8, 4) is 27.6 Å². The zero-order valence-electron chi connectivity index (χ0n) is 22.8. The second-order valence-electron chi connectivity index (χ2n) is 11.6. The van der Waals surface area contributed by atoms with Gasteiger partial charge in [0.1, 0.15) is 5.75 Å². The van der Waals surface area contributed by atoms with E-state index >= 15 is 0 Å². The van der Waals surface area contributed by atoms with Crippen molar-refractivity contribution in [3.63, 3.8) is 0 Å². The van der Waals surface area contributed by atoms with E-state index in [1.165, 1.54) is 17.8 Å². The first-order chi connectivity index (χ1) is 18.8. The molecule has 204 valence electrons. The number of carbonyl (C=O) groups excluding carboxylic acids is 2. The highest BCUT2D eigenvalue weighted by Crippen LogP contribution is 2.49. The third kappa shape index (κ3) is 5.17. The van der Waals surface area contributed by atoms with Crippen molar-refractivity contribution in [2.45, 2.75) is 44.6 Å². The van der Waals surface area contributed by atoms with E-state index in [1.807, 2.05) is 41.6 Å². The normalized spacial score (nSPS) is 18.6. The van der Waals surface area contributed by atoms with E-state index in [0.717, 1.165) is 60.6 Å². The highest BCUT2D eigenvalue weighted by atomic mass is 32.1. The zero-order chi connectivity index (χ0) is 27.1. The van der Waals surface area contributed by atoms with Crippen LogP contribution in [0.4, 0.5) is 5.69 Å². The molecule has 3 aromatic rings. The fourth-order valence-corrected chi connectivity index (χ4v) is 7.08. The van der Waals surface area contributed by atoms with Gasteiger partial charge in [-0.15, -0.1) is 11.3 Å². The molecule has 9 heteroatoms. The molecule has 0 unspecified atom stereocenters. The minimum absolute atomic E-state index is 0.0174. The molecule has 0 atom stereocenters. The van der Waals surface area contributed by atoms with Crippen LogP contribution < -0.4 is 10.1 Å². The minimum atomic E-state index is -0.0174. The first-order valence-corrected chi connectivity index (χ1v) is 14.6. The Morgan fingerprint density at radius 1 is 1.18 bits per heavy atom. The number of aromatic nitrogens is 2. The van der Waals surface area contributed by atoms with Gasteiger partial charge in [-0.05, 0) is 62.3 Å². The van der Waals surface area contributed by atoms with Gasteiger partial charge in [-0.3, -0.25) is 14.6 Å². The molecule has 3 heterocycles. The average Bonchev–Trinajstić information content (AvgIpc) is 3.34.